The predicted octanol–water partition coefficient (Wildman–Crippen LogP) is 4.64. The first kappa shape index (κ1) is 14.3. The number of rotatable bonds is 3. The van der Waals surface area contributed by atoms with Crippen LogP contribution < -0.4 is 14.8 Å². The van der Waals surface area contributed by atoms with Crippen LogP contribution in [0.4, 0.5) is 5.69 Å². The summed E-state index contributed by atoms with van der Waals surface area (Å²) in [6, 6.07) is 14.4. The Bertz CT molecular complexity index is 644. The minimum Gasteiger partial charge on any atom is -0.495 e. The molecule has 21 heavy (non-hydrogen) atoms. The Morgan fingerprint density at radius 3 is 2.86 bits per heavy atom. The van der Waals surface area contributed by atoms with Crippen LogP contribution in [0.2, 0.25) is 0 Å². The van der Waals surface area contributed by atoms with Crippen molar-refractivity contribution in [3.63, 3.8) is 0 Å². The molecule has 0 aromatic heterocycles. The van der Waals surface area contributed by atoms with Gasteiger partial charge in [-0.2, -0.15) is 0 Å². The molecule has 0 bridgehead atoms. The van der Waals surface area contributed by atoms with Gasteiger partial charge in [0, 0.05) is 16.0 Å². The van der Waals surface area contributed by atoms with Crippen LogP contribution in [0, 0.1) is 5.92 Å². The molecule has 3 nitrogen and oxygen atoms in total. The monoisotopic (exact) mass is 347 g/mol. The zero-order valence-corrected chi connectivity index (χ0v) is 13.7. The Labute approximate surface area is 133 Å². The van der Waals surface area contributed by atoms with Gasteiger partial charge in [0.05, 0.1) is 25.4 Å². The van der Waals surface area contributed by atoms with Crippen molar-refractivity contribution in [2.75, 3.05) is 19.0 Å². The third kappa shape index (κ3) is 2.86. The molecule has 4 heteroatoms. The average Bonchev–Trinajstić information content (AvgIpc) is 2.50. The quantitative estimate of drug-likeness (QED) is 0.877. The van der Waals surface area contributed by atoms with Gasteiger partial charge in [-0.25, -0.2) is 0 Å². The molecule has 2 aromatic rings. The molecule has 0 aliphatic carbocycles. The fraction of sp³-hybridized carbons (Fsp3) is 0.294. The number of methoxy groups -OCH3 is 1. The number of benzene rings is 2. The van der Waals surface area contributed by atoms with Gasteiger partial charge in [0.2, 0.25) is 0 Å². The largest absolute Gasteiger partial charge is 0.495 e. The standard InChI is InChI=1S/C17H18BrNO2/c1-11-10-21-15-6-4-3-5-13(15)17(11)19-14-9-12(18)7-8-16(14)20-2/h3-9,11,17,19H,10H2,1-2H3. The van der Waals surface area contributed by atoms with E-state index in [1.807, 2.05) is 36.4 Å². The van der Waals surface area contributed by atoms with Gasteiger partial charge in [0.25, 0.3) is 0 Å². The molecule has 0 saturated heterocycles. The molecule has 1 aliphatic heterocycles. The maximum Gasteiger partial charge on any atom is 0.142 e. The Morgan fingerprint density at radius 1 is 1.24 bits per heavy atom. The molecule has 1 N–H and O–H groups in total. The first-order valence-corrected chi connectivity index (χ1v) is 7.80. The van der Waals surface area contributed by atoms with Gasteiger partial charge in [0.15, 0.2) is 0 Å². The maximum atomic E-state index is 5.80. The molecule has 1 aliphatic rings. The lowest BCUT2D eigenvalue weighted by Crippen LogP contribution is -2.28. The second kappa shape index (κ2) is 5.98. The Morgan fingerprint density at radius 2 is 2.05 bits per heavy atom. The summed E-state index contributed by atoms with van der Waals surface area (Å²) in [5.41, 5.74) is 2.18. The SMILES string of the molecule is COc1ccc(Br)cc1NC1c2ccccc2OCC1C. The third-order valence-electron chi connectivity index (χ3n) is 3.80. The van der Waals surface area contributed by atoms with E-state index in [9.17, 15) is 0 Å². The molecule has 2 unspecified atom stereocenters. The normalized spacial score (nSPS) is 20.3. The molecule has 1 heterocycles. The van der Waals surface area contributed by atoms with Gasteiger partial charge in [-0.3, -0.25) is 0 Å². The number of fused-ring (bicyclic) bond motifs is 1. The fourth-order valence-electron chi connectivity index (χ4n) is 2.67. The van der Waals surface area contributed by atoms with Gasteiger partial charge >= 0.3 is 0 Å². The van der Waals surface area contributed by atoms with E-state index in [1.54, 1.807) is 7.11 Å². The summed E-state index contributed by atoms with van der Waals surface area (Å²) in [6.45, 7) is 2.91. The molecule has 3 rings (SSSR count). The minimum absolute atomic E-state index is 0.207. The first-order valence-electron chi connectivity index (χ1n) is 7.01. The summed E-state index contributed by atoms with van der Waals surface area (Å²) in [5.74, 6) is 2.18. The fourth-order valence-corrected chi connectivity index (χ4v) is 3.03. The zero-order valence-electron chi connectivity index (χ0n) is 12.1. The van der Waals surface area contributed by atoms with E-state index in [2.05, 4.69) is 34.2 Å². The van der Waals surface area contributed by atoms with Crippen LogP contribution >= 0.6 is 15.9 Å². The average molecular weight is 348 g/mol. The Balaban J connectivity index is 1.96. The first-order chi connectivity index (χ1) is 10.2. The minimum atomic E-state index is 0.207. The second-order valence-corrected chi connectivity index (χ2v) is 6.21. The summed E-state index contributed by atoms with van der Waals surface area (Å²) in [7, 11) is 1.69. The van der Waals surface area contributed by atoms with Gasteiger partial charge < -0.3 is 14.8 Å². The van der Waals surface area contributed by atoms with Crippen molar-refractivity contribution >= 4 is 21.6 Å². The van der Waals surface area contributed by atoms with Crippen molar-refractivity contribution in [1.29, 1.82) is 0 Å². The second-order valence-electron chi connectivity index (χ2n) is 5.29. The molecule has 0 radical (unpaired) electrons. The summed E-state index contributed by atoms with van der Waals surface area (Å²) >= 11 is 3.52. The van der Waals surface area contributed by atoms with Crippen molar-refractivity contribution in [3.05, 3.63) is 52.5 Å². The van der Waals surface area contributed by atoms with Crippen LogP contribution in [-0.4, -0.2) is 13.7 Å². The lowest BCUT2D eigenvalue weighted by Gasteiger charge is -2.33. The predicted molar refractivity (Wildman–Crippen MR) is 88.2 cm³/mol. The molecule has 0 fully saturated rings. The van der Waals surface area contributed by atoms with E-state index in [1.165, 1.54) is 5.56 Å². The molecule has 2 atom stereocenters. The van der Waals surface area contributed by atoms with Gasteiger partial charge in [-0.1, -0.05) is 41.1 Å². The molecule has 0 amide bonds. The highest BCUT2D eigenvalue weighted by Gasteiger charge is 2.28. The van der Waals surface area contributed by atoms with Crippen LogP contribution in [0.3, 0.4) is 0 Å². The highest BCUT2D eigenvalue weighted by atomic mass is 79.9. The highest BCUT2D eigenvalue weighted by molar-refractivity contribution is 9.10. The van der Waals surface area contributed by atoms with Crippen LogP contribution in [-0.2, 0) is 0 Å². The summed E-state index contributed by atoms with van der Waals surface area (Å²) in [5, 5.41) is 3.61. The number of nitrogens with one attached hydrogen (secondary N) is 1. The lowest BCUT2D eigenvalue weighted by molar-refractivity contribution is 0.214. The van der Waals surface area contributed by atoms with Crippen molar-refractivity contribution in [2.45, 2.75) is 13.0 Å². The topological polar surface area (TPSA) is 30.5 Å². The van der Waals surface area contributed by atoms with E-state index in [-0.39, 0.29) is 6.04 Å². The van der Waals surface area contributed by atoms with Crippen molar-refractivity contribution in [3.8, 4) is 11.5 Å². The molecule has 2 aromatic carbocycles. The molecule has 0 spiro atoms. The van der Waals surface area contributed by atoms with Gasteiger partial charge in [-0.15, -0.1) is 0 Å². The number of ether oxygens (including phenoxy) is 2. The maximum absolute atomic E-state index is 5.80. The van der Waals surface area contributed by atoms with E-state index in [0.29, 0.717) is 12.5 Å². The summed E-state index contributed by atoms with van der Waals surface area (Å²) in [6.07, 6.45) is 0. The molecular weight excluding hydrogens is 330 g/mol. The van der Waals surface area contributed by atoms with Crippen LogP contribution in [0.1, 0.15) is 18.5 Å². The van der Waals surface area contributed by atoms with E-state index in [0.717, 1.165) is 21.7 Å². The van der Waals surface area contributed by atoms with E-state index in [4.69, 9.17) is 9.47 Å². The number of halogens is 1. The highest BCUT2D eigenvalue weighted by Crippen LogP contribution is 2.39. The zero-order chi connectivity index (χ0) is 14.8. The van der Waals surface area contributed by atoms with Gasteiger partial charge in [-0.05, 0) is 24.3 Å². The molecule has 110 valence electrons. The van der Waals surface area contributed by atoms with Gasteiger partial charge in [0.1, 0.15) is 11.5 Å². The third-order valence-corrected chi connectivity index (χ3v) is 4.29. The van der Waals surface area contributed by atoms with Crippen molar-refractivity contribution in [2.24, 2.45) is 5.92 Å². The summed E-state index contributed by atoms with van der Waals surface area (Å²) in [4.78, 5) is 0. The summed E-state index contributed by atoms with van der Waals surface area (Å²) < 4.78 is 12.3. The number of para-hydroxylation sites is 1. The van der Waals surface area contributed by atoms with Crippen LogP contribution in [0.25, 0.3) is 0 Å². The van der Waals surface area contributed by atoms with Crippen molar-refractivity contribution in [1.82, 2.24) is 0 Å². The Kier molecular flexibility index (Phi) is 4.06. The van der Waals surface area contributed by atoms with E-state index >= 15 is 0 Å². The van der Waals surface area contributed by atoms with Crippen LogP contribution in [0.15, 0.2) is 46.9 Å². The molecule has 0 saturated carbocycles. The molecular formula is C17H18BrNO2. The van der Waals surface area contributed by atoms with Crippen LogP contribution in [0.5, 0.6) is 11.5 Å². The van der Waals surface area contributed by atoms with Crippen molar-refractivity contribution < 1.29 is 9.47 Å². The number of anilines is 1. The smallest absolute Gasteiger partial charge is 0.142 e. The number of hydrogen-bond donors (Lipinski definition) is 1. The Hall–Kier alpha value is -1.68. The number of hydrogen-bond acceptors (Lipinski definition) is 3. The lowest BCUT2D eigenvalue weighted by atomic mass is 9.92. The van der Waals surface area contributed by atoms with E-state index < -0.39 is 0 Å².